The van der Waals surface area contributed by atoms with Crippen LogP contribution >= 0.6 is 22.7 Å². The highest BCUT2D eigenvalue weighted by Crippen LogP contribution is 2.37. The van der Waals surface area contributed by atoms with Crippen LogP contribution in [0.4, 0.5) is 16.0 Å². The fourth-order valence-electron chi connectivity index (χ4n) is 6.25. The molecule has 21 heteroatoms. The van der Waals surface area contributed by atoms with Gasteiger partial charge in [0.25, 0.3) is 5.91 Å². The summed E-state index contributed by atoms with van der Waals surface area (Å²) < 4.78 is 43.0. The second-order valence-corrected chi connectivity index (χ2v) is 18.1. The minimum absolute atomic E-state index is 0.00544. The molecule has 0 fully saturated rings. The van der Waals surface area contributed by atoms with E-state index in [0.717, 1.165) is 34.3 Å². The molecule has 65 heavy (non-hydrogen) atoms. The predicted octanol–water partition coefficient (Wildman–Crippen LogP) is 5.93. The molecule has 0 saturated carbocycles. The third-order valence-corrected chi connectivity index (χ3v) is 12.2. The third kappa shape index (κ3) is 12.0. The van der Waals surface area contributed by atoms with E-state index in [9.17, 15) is 32.4 Å². The number of carbonyl (C=O) groups is 5. The minimum Gasteiger partial charge on any atom is -0.462 e. The van der Waals surface area contributed by atoms with Crippen molar-refractivity contribution in [1.82, 2.24) is 24.2 Å². The van der Waals surface area contributed by atoms with Crippen molar-refractivity contribution in [3.63, 3.8) is 0 Å². The van der Waals surface area contributed by atoms with Crippen LogP contribution in [0.2, 0.25) is 0 Å². The molecule has 0 radical (unpaired) electrons. The summed E-state index contributed by atoms with van der Waals surface area (Å²) in [5.74, 6) is -3.14. The van der Waals surface area contributed by atoms with E-state index in [1.807, 2.05) is 54.6 Å². The zero-order chi connectivity index (χ0) is 46.1. The lowest BCUT2D eigenvalue weighted by atomic mass is 10.1. The molecule has 3 aromatic carbocycles. The molecule has 334 valence electrons. The van der Waals surface area contributed by atoms with E-state index in [1.165, 1.54) is 40.6 Å². The molecule has 0 unspecified atom stereocenters. The number of rotatable bonds is 18. The number of thiophene rings is 2. The maximum atomic E-state index is 13.5. The van der Waals surface area contributed by atoms with Gasteiger partial charge in [0.05, 0.1) is 48.7 Å². The van der Waals surface area contributed by atoms with Gasteiger partial charge in [-0.2, -0.15) is 4.98 Å². The third-order valence-electron chi connectivity index (χ3n) is 9.33. The first-order valence-corrected chi connectivity index (χ1v) is 23.3. The van der Waals surface area contributed by atoms with Crippen molar-refractivity contribution in [3.05, 3.63) is 131 Å². The Morgan fingerprint density at radius 2 is 1.40 bits per heavy atom. The number of nitrogens with two attached hydrogens (primary N) is 1. The van der Waals surface area contributed by atoms with E-state index in [-0.39, 0.29) is 53.9 Å². The second kappa shape index (κ2) is 20.5. The summed E-state index contributed by atoms with van der Waals surface area (Å²) in [5.41, 5.74) is 9.96. The minimum atomic E-state index is -3.45. The van der Waals surface area contributed by atoms with Crippen molar-refractivity contribution in [1.29, 1.82) is 0 Å². The number of hydrogen-bond acceptors (Lipinski definition) is 16. The molecule has 0 saturated heterocycles. The van der Waals surface area contributed by atoms with Crippen LogP contribution in [-0.4, -0.2) is 83.7 Å². The van der Waals surface area contributed by atoms with E-state index < -0.39 is 46.4 Å². The number of nitrogens with one attached hydrogen (secondary N) is 3. The fourth-order valence-corrected chi connectivity index (χ4v) is 8.81. The predicted molar refractivity (Wildman–Crippen MR) is 245 cm³/mol. The van der Waals surface area contributed by atoms with Crippen molar-refractivity contribution in [2.45, 2.75) is 26.4 Å². The lowest BCUT2D eigenvalue weighted by molar-refractivity contribution is -0.119. The SMILES string of the molecule is CCOC(=O)c1cc(-c2ccc(CCOC(=O)c3cc(-c4ccccc4)sc3NC(=O)COC(=O)c3cccc(CNS(C)(=O)=O)c3)cc2)sc1NC(=O)Cn1cnc2cnc(N)nc21. The summed E-state index contributed by atoms with van der Waals surface area (Å²) in [6, 6.07) is 26.1. The number of nitrogens with zero attached hydrogens (tertiary/aromatic N) is 4. The number of sulfonamides is 1. The maximum absolute atomic E-state index is 13.5. The van der Waals surface area contributed by atoms with Gasteiger partial charge in [0.2, 0.25) is 21.9 Å². The molecule has 0 bridgehead atoms. The van der Waals surface area contributed by atoms with Crippen LogP contribution in [0.3, 0.4) is 0 Å². The highest BCUT2D eigenvalue weighted by atomic mass is 32.2. The molecule has 2 amide bonds. The quantitative estimate of drug-likeness (QED) is 0.0576. The number of esters is 3. The Morgan fingerprint density at radius 1 is 0.738 bits per heavy atom. The molecule has 0 spiro atoms. The van der Waals surface area contributed by atoms with Gasteiger partial charge in [-0.15, -0.1) is 22.7 Å². The van der Waals surface area contributed by atoms with Crippen molar-refractivity contribution in [2.75, 3.05) is 42.4 Å². The van der Waals surface area contributed by atoms with Crippen molar-refractivity contribution in [2.24, 2.45) is 0 Å². The highest BCUT2D eigenvalue weighted by Gasteiger charge is 2.23. The van der Waals surface area contributed by atoms with Crippen LogP contribution in [0.25, 0.3) is 32.0 Å². The molecule has 18 nitrogen and oxygen atoms in total. The smallest absolute Gasteiger partial charge is 0.341 e. The standard InChI is InChI=1S/C44H40N8O10S3/c1-3-60-42(56)31-19-35(64-39(31)49-36(53)23-52-25-47-33-22-46-44(45)51-38(33)52)29-14-12-26(13-15-29)16-17-61-43(57)32-20-34(28-9-5-4-6-10-28)63-40(32)50-37(54)24-62-41(55)30-11-7-8-27(18-30)21-48-65(2,58)59/h4-15,18-20,22,25,48H,3,16-17,21,23-24H2,1-2H3,(H,49,53)(H,50,54)(H2,45,46,51). The first-order chi connectivity index (χ1) is 31.2. The summed E-state index contributed by atoms with van der Waals surface area (Å²) >= 11 is 2.36. The molecule has 0 aliphatic rings. The van der Waals surface area contributed by atoms with E-state index >= 15 is 0 Å². The monoisotopic (exact) mass is 936 g/mol. The van der Waals surface area contributed by atoms with E-state index in [4.69, 9.17) is 19.9 Å². The van der Waals surface area contributed by atoms with Crippen molar-refractivity contribution < 1.29 is 46.6 Å². The molecule has 7 rings (SSSR count). The Balaban J connectivity index is 0.975. The average molecular weight is 937 g/mol. The van der Waals surface area contributed by atoms with Crippen molar-refractivity contribution in [3.8, 4) is 20.9 Å². The number of carbonyl (C=O) groups excluding carboxylic acids is 5. The number of amides is 2. The van der Waals surface area contributed by atoms with E-state index in [2.05, 4.69) is 30.3 Å². The lowest BCUT2D eigenvalue weighted by Crippen LogP contribution is -2.22. The van der Waals surface area contributed by atoms with Gasteiger partial charge in [-0.25, -0.2) is 37.5 Å². The van der Waals surface area contributed by atoms with Gasteiger partial charge in [-0.3, -0.25) is 9.59 Å². The van der Waals surface area contributed by atoms with Crippen LogP contribution in [0.15, 0.2) is 104 Å². The number of aromatic nitrogens is 4. The number of fused-ring (bicyclic) bond motifs is 1. The van der Waals surface area contributed by atoms with Gasteiger partial charge in [0.1, 0.15) is 22.1 Å². The van der Waals surface area contributed by atoms with Crippen LogP contribution in [0, 0.1) is 0 Å². The van der Waals surface area contributed by atoms with E-state index in [1.54, 1.807) is 31.2 Å². The zero-order valence-electron chi connectivity index (χ0n) is 34.7. The van der Waals surface area contributed by atoms with E-state index in [0.29, 0.717) is 37.9 Å². The van der Waals surface area contributed by atoms with Gasteiger partial charge in [-0.05, 0) is 53.4 Å². The summed E-state index contributed by atoms with van der Waals surface area (Å²) in [5, 5.41) is 6.01. The topological polar surface area (TPSA) is 253 Å². The first-order valence-electron chi connectivity index (χ1n) is 19.7. The zero-order valence-corrected chi connectivity index (χ0v) is 37.2. The number of nitrogen functional groups attached to an aromatic ring is 1. The molecule has 7 aromatic rings. The Kier molecular flexibility index (Phi) is 14.4. The number of benzene rings is 3. The van der Waals surface area contributed by atoms with Gasteiger partial charge < -0.3 is 35.1 Å². The maximum Gasteiger partial charge on any atom is 0.341 e. The number of hydrogen-bond donors (Lipinski definition) is 4. The summed E-state index contributed by atoms with van der Waals surface area (Å²) in [4.78, 5) is 79.1. The first kappa shape index (κ1) is 45.7. The highest BCUT2D eigenvalue weighted by molar-refractivity contribution is 7.88. The fraction of sp³-hybridized carbons (Fsp3) is 0.182. The van der Waals surface area contributed by atoms with Crippen LogP contribution in [0.5, 0.6) is 0 Å². The molecule has 5 N–H and O–H groups in total. The molecular weight excluding hydrogens is 897 g/mol. The largest absolute Gasteiger partial charge is 0.462 e. The Labute approximate surface area is 379 Å². The molecule has 0 atom stereocenters. The average Bonchev–Trinajstić information content (AvgIpc) is 4.02. The summed E-state index contributed by atoms with van der Waals surface area (Å²) in [7, 11) is -3.45. The number of ether oxygens (including phenoxy) is 3. The number of imidazole rings is 1. The Hall–Kier alpha value is -7.33. The van der Waals surface area contributed by atoms with Gasteiger partial charge in [0, 0.05) is 22.7 Å². The molecule has 4 heterocycles. The molecule has 0 aliphatic heterocycles. The molecule has 0 aliphatic carbocycles. The van der Waals surface area contributed by atoms with Crippen LogP contribution < -0.4 is 21.1 Å². The van der Waals surface area contributed by atoms with Crippen LogP contribution in [0.1, 0.15) is 49.1 Å². The van der Waals surface area contributed by atoms with Gasteiger partial charge in [-0.1, -0.05) is 66.7 Å². The van der Waals surface area contributed by atoms with Gasteiger partial charge >= 0.3 is 17.9 Å². The normalized spacial score (nSPS) is 11.2. The molecule has 4 aromatic heterocycles. The summed E-state index contributed by atoms with van der Waals surface area (Å²) in [6.07, 6.45) is 4.29. The summed E-state index contributed by atoms with van der Waals surface area (Å²) in [6.45, 7) is 0.997. The van der Waals surface area contributed by atoms with Gasteiger partial charge in [0.15, 0.2) is 12.3 Å². The molecular formula is C44H40N8O10S3. The Bertz CT molecular complexity index is 3000. The van der Waals surface area contributed by atoms with Crippen molar-refractivity contribution >= 4 is 89.5 Å². The Morgan fingerprint density at radius 3 is 2.08 bits per heavy atom. The van der Waals surface area contributed by atoms with Crippen LogP contribution in [-0.2, 0) is 53.3 Å². The second-order valence-electron chi connectivity index (χ2n) is 14.2. The number of anilines is 3. The lowest BCUT2D eigenvalue weighted by Gasteiger charge is -2.09.